The Bertz CT molecular complexity index is 437. The molecule has 0 bridgehead atoms. The van der Waals surface area contributed by atoms with Crippen LogP contribution >= 0.6 is 34.8 Å². The van der Waals surface area contributed by atoms with Crippen molar-refractivity contribution in [3.63, 3.8) is 0 Å². The smallest absolute Gasteiger partial charge is 0.150 e. The average Bonchev–Trinajstić information content (AvgIpc) is 2.35. The van der Waals surface area contributed by atoms with Crippen LogP contribution in [0.2, 0.25) is 15.2 Å². The molecule has 1 aromatic rings. The molecular formula is C14H19Cl3N2. The number of nitrogens with one attached hydrogen (secondary N) is 1. The first kappa shape index (κ1) is 15.2. The average molecular weight is 322 g/mol. The van der Waals surface area contributed by atoms with Crippen molar-refractivity contribution in [3.05, 3.63) is 21.3 Å². The summed E-state index contributed by atoms with van der Waals surface area (Å²) in [6, 6.07) is 1.63. The number of rotatable bonds is 4. The molecule has 106 valence electrons. The summed E-state index contributed by atoms with van der Waals surface area (Å²) in [5.74, 6) is 2.31. The van der Waals surface area contributed by atoms with E-state index in [2.05, 4.69) is 17.2 Å². The van der Waals surface area contributed by atoms with E-state index in [0.717, 1.165) is 24.8 Å². The van der Waals surface area contributed by atoms with E-state index in [0.29, 0.717) is 21.0 Å². The zero-order chi connectivity index (χ0) is 13.8. The largest absolute Gasteiger partial charge is 0.369 e. The molecule has 0 saturated heterocycles. The van der Waals surface area contributed by atoms with E-state index in [1.165, 1.54) is 25.7 Å². The normalized spacial score (nSPS) is 23.4. The lowest BCUT2D eigenvalue weighted by atomic mass is 9.81. The molecule has 0 amide bonds. The van der Waals surface area contributed by atoms with Crippen molar-refractivity contribution in [2.24, 2.45) is 11.8 Å². The summed E-state index contributed by atoms with van der Waals surface area (Å²) in [6.07, 6.45) is 6.57. The van der Waals surface area contributed by atoms with Crippen molar-refractivity contribution in [1.82, 2.24) is 4.98 Å². The van der Waals surface area contributed by atoms with Gasteiger partial charge in [0.15, 0.2) is 0 Å². The van der Waals surface area contributed by atoms with Crippen LogP contribution in [0.5, 0.6) is 0 Å². The minimum absolute atomic E-state index is 0.292. The molecule has 2 unspecified atom stereocenters. The lowest BCUT2D eigenvalue weighted by Gasteiger charge is -2.26. The Morgan fingerprint density at radius 1 is 1.26 bits per heavy atom. The second-order valence-electron chi connectivity index (χ2n) is 5.44. The molecule has 1 aromatic heterocycles. The first-order chi connectivity index (χ1) is 9.06. The Morgan fingerprint density at radius 3 is 2.79 bits per heavy atom. The second kappa shape index (κ2) is 7.01. The van der Waals surface area contributed by atoms with Crippen molar-refractivity contribution in [2.45, 2.75) is 39.0 Å². The van der Waals surface area contributed by atoms with E-state index in [-0.39, 0.29) is 0 Å². The van der Waals surface area contributed by atoms with Gasteiger partial charge in [0.25, 0.3) is 0 Å². The Labute approximate surface area is 129 Å². The van der Waals surface area contributed by atoms with Crippen LogP contribution in [0.4, 0.5) is 5.82 Å². The molecule has 19 heavy (non-hydrogen) atoms. The van der Waals surface area contributed by atoms with Crippen LogP contribution in [-0.2, 0) is 0 Å². The molecule has 1 fully saturated rings. The monoisotopic (exact) mass is 320 g/mol. The van der Waals surface area contributed by atoms with Gasteiger partial charge in [-0.3, -0.25) is 0 Å². The van der Waals surface area contributed by atoms with Gasteiger partial charge >= 0.3 is 0 Å². The fourth-order valence-corrected chi connectivity index (χ4v) is 3.35. The van der Waals surface area contributed by atoms with Crippen LogP contribution in [0.15, 0.2) is 6.07 Å². The standard InChI is InChI=1S/C14H19Cl3N2/c1-9-3-2-4-10(7-9)5-6-18-14-12(16)8-11(15)13(17)19-14/h8-10H,2-7H2,1H3,(H,18,19). The van der Waals surface area contributed by atoms with Crippen LogP contribution in [0, 0.1) is 11.8 Å². The topological polar surface area (TPSA) is 24.9 Å². The number of nitrogens with zero attached hydrogens (tertiary/aromatic N) is 1. The quantitative estimate of drug-likeness (QED) is 0.723. The zero-order valence-corrected chi connectivity index (χ0v) is 13.3. The lowest BCUT2D eigenvalue weighted by Crippen LogP contribution is -2.17. The van der Waals surface area contributed by atoms with Gasteiger partial charge in [-0.05, 0) is 30.7 Å². The molecule has 1 aliphatic carbocycles. The molecule has 1 aliphatic rings. The van der Waals surface area contributed by atoms with E-state index >= 15 is 0 Å². The molecule has 2 atom stereocenters. The fraction of sp³-hybridized carbons (Fsp3) is 0.643. The minimum atomic E-state index is 0.292. The number of hydrogen-bond acceptors (Lipinski definition) is 2. The molecule has 0 spiro atoms. The third kappa shape index (κ3) is 4.40. The first-order valence-electron chi connectivity index (χ1n) is 6.81. The van der Waals surface area contributed by atoms with Gasteiger partial charge in [-0.25, -0.2) is 4.98 Å². The predicted molar refractivity (Wildman–Crippen MR) is 83.5 cm³/mol. The zero-order valence-electron chi connectivity index (χ0n) is 11.1. The number of pyridine rings is 1. The molecule has 1 saturated carbocycles. The molecule has 1 N–H and O–H groups in total. The highest BCUT2D eigenvalue weighted by atomic mass is 35.5. The van der Waals surface area contributed by atoms with Gasteiger partial charge in [-0.2, -0.15) is 0 Å². The highest BCUT2D eigenvalue weighted by Gasteiger charge is 2.18. The van der Waals surface area contributed by atoms with E-state index in [4.69, 9.17) is 34.8 Å². The number of hydrogen-bond donors (Lipinski definition) is 1. The summed E-state index contributed by atoms with van der Waals surface area (Å²) >= 11 is 17.8. The molecule has 0 aliphatic heterocycles. The Hall–Kier alpha value is -0.180. The minimum Gasteiger partial charge on any atom is -0.369 e. The Kier molecular flexibility index (Phi) is 5.61. The van der Waals surface area contributed by atoms with Crippen LogP contribution in [-0.4, -0.2) is 11.5 Å². The molecular weight excluding hydrogens is 303 g/mol. The lowest BCUT2D eigenvalue weighted by molar-refractivity contribution is 0.274. The maximum Gasteiger partial charge on any atom is 0.150 e. The van der Waals surface area contributed by atoms with Crippen molar-refractivity contribution in [3.8, 4) is 0 Å². The van der Waals surface area contributed by atoms with Gasteiger partial charge < -0.3 is 5.32 Å². The van der Waals surface area contributed by atoms with Gasteiger partial charge in [-0.1, -0.05) is 61.0 Å². The molecule has 5 heteroatoms. The summed E-state index contributed by atoms with van der Waals surface area (Å²) in [5.41, 5.74) is 0. The van der Waals surface area contributed by atoms with Gasteiger partial charge in [-0.15, -0.1) is 0 Å². The first-order valence-corrected chi connectivity index (χ1v) is 7.95. The molecule has 2 rings (SSSR count). The van der Waals surface area contributed by atoms with Crippen LogP contribution in [0.25, 0.3) is 0 Å². The number of anilines is 1. The van der Waals surface area contributed by atoms with Crippen LogP contribution in [0.1, 0.15) is 39.0 Å². The van der Waals surface area contributed by atoms with Crippen molar-refractivity contribution in [1.29, 1.82) is 0 Å². The number of halogens is 3. The van der Waals surface area contributed by atoms with Gasteiger partial charge in [0, 0.05) is 6.54 Å². The third-order valence-corrected chi connectivity index (χ3v) is 4.74. The highest BCUT2D eigenvalue weighted by molar-refractivity contribution is 6.42. The van der Waals surface area contributed by atoms with Gasteiger partial charge in [0.05, 0.1) is 10.0 Å². The van der Waals surface area contributed by atoms with E-state index in [1.807, 2.05) is 0 Å². The maximum atomic E-state index is 6.08. The number of aromatic nitrogens is 1. The molecule has 2 nitrogen and oxygen atoms in total. The van der Waals surface area contributed by atoms with E-state index < -0.39 is 0 Å². The van der Waals surface area contributed by atoms with Gasteiger partial charge in [0.2, 0.25) is 0 Å². The molecule has 0 radical (unpaired) electrons. The van der Waals surface area contributed by atoms with Crippen molar-refractivity contribution < 1.29 is 0 Å². The van der Waals surface area contributed by atoms with Crippen molar-refractivity contribution in [2.75, 3.05) is 11.9 Å². The third-order valence-electron chi connectivity index (χ3n) is 3.78. The summed E-state index contributed by atoms with van der Waals surface area (Å²) in [7, 11) is 0. The van der Waals surface area contributed by atoms with E-state index in [1.54, 1.807) is 6.07 Å². The fourth-order valence-electron chi connectivity index (χ4n) is 2.78. The summed E-state index contributed by atoms with van der Waals surface area (Å²) in [5, 5.41) is 4.46. The predicted octanol–water partition coefficient (Wildman–Crippen LogP) is 5.67. The maximum absolute atomic E-state index is 6.08. The second-order valence-corrected chi connectivity index (χ2v) is 6.62. The molecule has 1 heterocycles. The molecule has 0 aromatic carbocycles. The SMILES string of the molecule is CC1CCCC(CCNc2nc(Cl)c(Cl)cc2Cl)C1. The van der Waals surface area contributed by atoms with Crippen LogP contribution in [0.3, 0.4) is 0 Å². The highest BCUT2D eigenvalue weighted by Crippen LogP contribution is 2.32. The Morgan fingerprint density at radius 2 is 2.05 bits per heavy atom. The van der Waals surface area contributed by atoms with Crippen molar-refractivity contribution >= 4 is 40.6 Å². The summed E-state index contributed by atoms with van der Waals surface area (Å²) < 4.78 is 0. The van der Waals surface area contributed by atoms with Crippen LogP contribution < -0.4 is 5.32 Å². The summed E-state index contributed by atoms with van der Waals surface area (Å²) in [6.45, 7) is 3.22. The Balaban J connectivity index is 1.84. The van der Waals surface area contributed by atoms with E-state index in [9.17, 15) is 0 Å². The van der Waals surface area contributed by atoms with Gasteiger partial charge in [0.1, 0.15) is 11.0 Å². The summed E-state index contributed by atoms with van der Waals surface area (Å²) in [4.78, 5) is 4.16.